The van der Waals surface area contributed by atoms with Gasteiger partial charge in [-0.2, -0.15) is 5.10 Å². The van der Waals surface area contributed by atoms with E-state index in [4.69, 9.17) is 0 Å². The number of nitrogens with one attached hydrogen (secondary N) is 1. The van der Waals surface area contributed by atoms with Crippen LogP contribution in [0.1, 0.15) is 22.5 Å². The van der Waals surface area contributed by atoms with E-state index in [2.05, 4.69) is 20.3 Å². The van der Waals surface area contributed by atoms with Crippen molar-refractivity contribution in [2.45, 2.75) is 19.0 Å². The van der Waals surface area contributed by atoms with Gasteiger partial charge in [0.05, 0.1) is 6.20 Å². The molecule has 2 N–H and O–H groups in total. The molecule has 0 saturated carbocycles. The summed E-state index contributed by atoms with van der Waals surface area (Å²) in [7, 11) is 0. The van der Waals surface area contributed by atoms with Gasteiger partial charge < -0.3 is 10.4 Å². The number of carbonyl (C=O) groups excluding carboxylic acids is 1. The SMILES string of the molecule is O=C(NC1CCN(Cc2cccc(O)c2)C1)c1cnc2cccnn12. The second-order valence-corrected chi connectivity index (χ2v) is 6.30. The third-order valence-electron chi connectivity index (χ3n) is 4.43. The van der Waals surface area contributed by atoms with Crippen LogP contribution in [-0.2, 0) is 6.54 Å². The lowest BCUT2D eigenvalue weighted by Gasteiger charge is -2.16. The number of hydrogen-bond donors (Lipinski definition) is 2. The molecule has 7 heteroatoms. The molecular weight excluding hydrogens is 318 g/mol. The number of amides is 1. The van der Waals surface area contributed by atoms with Crippen LogP contribution in [0.15, 0.2) is 48.8 Å². The van der Waals surface area contributed by atoms with Gasteiger partial charge in [-0.3, -0.25) is 9.69 Å². The minimum atomic E-state index is -0.157. The number of phenols is 1. The van der Waals surface area contributed by atoms with Gasteiger partial charge in [0, 0.05) is 31.9 Å². The molecule has 1 amide bonds. The molecule has 3 heterocycles. The number of nitrogens with zero attached hydrogens (tertiary/aromatic N) is 4. The molecule has 0 spiro atoms. The molecular formula is C18H19N5O2. The van der Waals surface area contributed by atoms with E-state index in [1.807, 2.05) is 18.2 Å². The Morgan fingerprint density at radius 1 is 1.32 bits per heavy atom. The number of carbonyl (C=O) groups is 1. The van der Waals surface area contributed by atoms with Crippen molar-refractivity contribution < 1.29 is 9.90 Å². The topological polar surface area (TPSA) is 82.8 Å². The van der Waals surface area contributed by atoms with Gasteiger partial charge in [0.1, 0.15) is 11.4 Å². The highest BCUT2D eigenvalue weighted by Gasteiger charge is 2.25. The summed E-state index contributed by atoms with van der Waals surface area (Å²) in [5, 5.41) is 16.8. The van der Waals surface area contributed by atoms with E-state index in [0.717, 1.165) is 31.6 Å². The summed E-state index contributed by atoms with van der Waals surface area (Å²) < 4.78 is 1.55. The monoisotopic (exact) mass is 337 g/mol. The minimum Gasteiger partial charge on any atom is -0.508 e. The largest absolute Gasteiger partial charge is 0.508 e. The second kappa shape index (κ2) is 6.52. The number of benzene rings is 1. The van der Waals surface area contributed by atoms with E-state index in [1.54, 1.807) is 35.1 Å². The van der Waals surface area contributed by atoms with Crippen molar-refractivity contribution in [2.75, 3.05) is 13.1 Å². The predicted molar refractivity (Wildman–Crippen MR) is 92.2 cm³/mol. The molecule has 0 aliphatic carbocycles. The third kappa shape index (κ3) is 3.32. The summed E-state index contributed by atoms with van der Waals surface area (Å²) in [6.45, 7) is 2.45. The lowest BCUT2D eigenvalue weighted by molar-refractivity contribution is 0.0930. The van der Waals surface area contributed by atoms with E-state index in [9.17, 15) is 9.90 Å². The third-order valence-corrected chi connectivity index (χ3v) is 4.43. The van der Waals surface area contributed by atoms with Crippen molar-refractivity contribution in [3.05, 3.63) is 60.0 Å². The quantitative estimate of drug-likeness (QED) is 0.753. The van der Waals surface area contributed by atoms with Crippen molar-refractivity contribution >= 4 is 11.6 Å². The number of likely N-dealkylation sites (tertiary alicyclic amines) is 1. The van der Waals surface area contributed by atoms with Gasteiger partial charge in [-0.25, -0.2) is 9.50 Å². The maximum atomic E-state index is 12.5. The van der Waals surface area contributed by atoms with Crippen molar-refractivity contribution in [2.24, 2.45) is 0 Å². The van der Waals surface area contributed by atoms with Crippen molar-refractivity contribution in [1.29, 1.82) is 0 Å². The summed E-state index contributed by atoms with van der Waals surface area (Å²) in [5.41, 5.74) is 2.17. The molecule has 1 aliphatic rings. The molecule has 0 bridgehead atoms. The van der Waals surface area contributed by atoms with E-state index in [-0.39, 0.29) is 17.7 Å². The maximum Gasteiger partial charge on any atom is 0.271 e. The van der Waals surface area contributed by atoms with Gasteiger partial charge in [0.15, 0.2) is 5.65 Å². The van der Waals surface area contributed by atoms with Gasteiger partial charge in [0.25, 0.3) is 5.91 Å². The maximum absolute atomic E-state index is 12.5. The van der Waals surface area contributed by atoms with Crippen LogP contribution in [0.5, 0.6) is 5.75 Å². The van der Waals surface area contributed by atoms with Crippen LogP contribution in [-0.4, -0.2) is 49.6 Å². The average molecular weight is 337 g/mol. The molecule has 0 radical (unpaired) electrons. The molecule has 1 atom stereocenters. The summed E-state index contributed by atoms with van der Waals surface area (Å²) in [6, 6.07) is 11.0. The van der Waals surface area contributed by atoms with Crippen LogP contribution in [0.3, 0.4) is 0 Å². The first-order valence-electron chi connectivity index (χ1n) is 8.29. The standard InChI is InChI=1S/C18H19N5O2/c24-15-4-1-3-13(9-15)11-22-8-6-14(12-22)21-18(25)16-10-19-17-5-2-7-20-23(16)17/h1-5,7,9-10,14,24H,6,8,11-12H2,(H,21,25). The van der Waals surface area contributed by atoms with Crippen LogP contribution in [0.4, 0.5) is 0 Å². The van der Waals surface area contributed by atoms with Crippen LogP contribution >= 0.6 is 0 Å². The highest BCUT2D eigenvalue weighted by molar-refractivity contribution is 5.93. The van der Waals surface area contributed by atoms with Gasteiger partial charge >= 0.3 is 0 Å². The summed E-state index contributed by atoms with van der Waals surface area (Å²) in [5.74, 6) is 0.122. The Morgan fingerprint density at radius 2 is 2.24 bits per heavy atom. The molecule has 25 heavy (non-hydrogen) atoms. The zero-order chi connectivity index (χ0) is 17.2. The number of fused-ring (bicyclic) bond motifs is 1. The molecule has 4 rings (SSSR count). The molecule has 1 saturated heterocycles. The van der Waals surface area contributed by atoms with Crippen molar-refractivity contribution in [3.63, 3.8) is 0 Å². The molecule has 7 nitrogen and oxygen atoms in total. The number of hydrogen-bond acceptors (Lipinski definition) is 5. The molecule has 128 valence electrons. The summed E-state index contributed by atoms with van der Waals surface area (Å²) >= 11 is 0. The Morgan fingerprint density at radius 3 is 3.12 bits per heavy atom. The zero-order valence-corrected chi connectivity index (χ0v) is 13.7. The van der Waals surface area contributed by atoms with E-state index >= 15 is 0 Å². The summed E-state index contributed by atoms with van der Waals surface area (Å²) in [6.07, 6.45) is 4.09. The number of aromatic hydroxyl groups is 1. The lowest BCUT2D eigenvalue weighted by Crippen LogP contribution is -2.37. The first-order chi connectivity index (χ1) is 12.2. The van der Waals surface area contributed by atoms with Crippen LogP contribution in [0.25, 0.3) is 5.65 Å². The number of imidazole rings is 1. The molecule has 1 aromatic carbocycles. The smallest absolute Gasteiger partial charge is 0.271 e. The number of phenolic OH excluding ortho intramolecular Hbond substituents is 1. The Balaban J connectivity index is 1.38. The van der Waals surface area contributed by atoms with E-state index in [1.165, 1.54) is 0 Å². The zero-order valence-electron chi connectivity index (χ0n) is 13.7. The van der Waals surface area contributed by atoms with Gasteiger partial charge in [-0.15, -0.1) is 0 Å². The highest BCUT2D eigenvalue weighted by atomic mass is 16.3. The molecule has 1 unspecified atom stereocenters. The van der Waals surface area contributed by atoms with Gasteiger partial charge in [0.2, 0.25) is 0 Å². The first-order valence-corrected chi connectivity index (χ1v) is 8.29. The van der Waals surface area contributed by atoms with E-state index < -0.39 is 0 Å². The fourth-order valence-electron chi connectivity index (χ4n) is 3.25. The second-order valence-electron chi connectivity index (χ2n) is 6.30. The predicted octanol–water partition coefficient (Wildman–Crippen LogP) is 1.44. The normalized spacial score (nSPS) is 17.8. The Bertz CT molecular complexity index is 907. The Labute approximate surface area is 144 Å². The van der Waals surface area contributed by atoms with Crippen molar-refractivity contribution in [1.82, 2.24) is 24.8 Å². The Hall–Kier alpha value is -2.93. The minimum absolute atomic E-state index is 0.0964. The van der Waals surface area contributed by atoms with Gasteiger partial charge in [-0.05, 0) is 36.2 Å². The van der Waals surface area contributed by atoms with Crippen LogP contribution in [0.2, 0.25) is 0 Å². The van der Waals surface area contributed by atoms with Crippen molar-refractivity contribution in [3.8, 4) is 5.75 Å². The van der Waals surface area contributed by atoms with Crippen LogP contribution in [0, 0.1) is 0 Å². The first kappa shape index (κ1) is 15.6. The average Bonchev–Trinajstić information content (AvgIpc) is 3.21. The molecule has 1 aliphatic heterocycles. The Kier molecular flexibility index (Phi) is 4.07. The lowest BCUT2D eigenvalue weighted by atomic mass is 10.2. The molecule has 3 aromatic rings. The molecule has 2 aromatic heterocycles. The molecule has 1 fully saturated rings. The van der Waals surface area contributed by atoms with Gasteiger partial charge in [-0.1, -0.05) is 12.1 Å². The highest BCUT2D eigenvalue weighted by Crippen LogP contribution is 2.17. The van der Waals surface area contributed by atoms with Crippen LogP contribution < -0.4 is 5.32 Å². The number of aromatic nitrogens is 3. The number of rotatable bonds is 4. The fraction of sp³-hybridized carbons (Fsp3) is 0.278. The van der Waals surface area contributed by atoms with E-state index in [0.29, 0.717) is 11.3 Å². The fourth-order valence-corrected chi connectivity index (χ4v) is 3.25. The summed E-state index contributed by atoms with van der Waals surface area (Å²) in [4.78, 5) is 19.0.